The summed E-state index contributed by atoms with van der Waals surface area (Å²) >= 11 is 1.64. The SMILES string of the molecule is CN1CCCCC1c1ncc(CO)s1. The lowest BCUT2D eigenvalue weighted by Crippen LogP contribution is -2.29. The molecule has 1 aromatic heterocycles. The van der Waals surface area contributed by atoms with Crippen molar-refractivity contribution in [1.82, 2.24) is 9.88 Å². The molecule has 2 rings (SSSR count). The van der Waals surface area contributed by atoms with Gasteiger partial charge in [0.1, 0.15) is 5.01 Å². The van der Waals surface area contributed by atoms with Crippen LogP contribution in [-0.4, -0.2) is 28.6 Å². The summed E-state index contributed by atoms with van der Waals surface area (Å²) in [5, 5.41) is 10.1. The molecular formula is C10H16N2OS. The molecule has 2 heterocycles. The number of thiazole rings is 1. The molecule has 1 aliphatic heterocycles. The predicted octanol–water partition coefficient (Wildman–Crippen LogP) is 1.79. The molecule has 0 spiro atoms. The zero-order chi connectivity index (χ0) is 9.97. The Morgan fingerprint density at radius 3 is 3.14 bits per heavy atom. The van der Waals surface area contributed by atoms with Crippen LogP contribution in [0.1, 0.15) is 35.2 Å². The highest BCUT2D eigenvalue weighted by atomic mass is 32.1. The van der Waals surface area contributed by atoms with Gasteiger partial charge in [-0.1, -0.05) is 6.42 Å². The van der Waals surface area contributed by atoms with E-state index in [1.54, 1.807) is 17.5 Å². The number of likely N-dealkylation sites (tertiary alicyclic amines) is 1. The van der Waals surface area contributed by atoms with Gasteiger partial charge in [0, 0.05) is 6.20 Å². The largest absolute Gasteiger partial charge is 0.391 e. The van der Waals surface area contributed by atoms with Gasteiger partial charge in [0.2, 0.25) is 0 Å². The first-order chi connectivity index (χ1) is 6.81. The molecule has 0 saturated carbocycles. The Hall–Kier alpha value is -0.450. The maximum Gasteiger partial charge on any atom is 0.110 e. The summed E-state index contributed by atoms with van der Waals surface area (Å²) in [7, 11) is 2.16. The summed E-state index contributed by atoms with van der Waals surface area (Å²) in [6.07, 6.45) is 5.59. The number of aliphatic hydroxyl groups excluding tert-OH is 1. The van der Waals surface area contributed by atoms with Crippen LogP contribution >= 0.6 is 11.3 Å². The topological polar surface area (TPSA) is 36.4 Å². The maximum atomic E-state index is 8.97. The van der Waals surface area contributed by atoms with E-state index in [0.29, 0.717) is 6.04 Å². The molecule has 14 heavy (non-hydrogen) atoms. The summed E-state index contributed by atoms with van der Waals surface area (Å²) in [6, 6.07) is 0.481. The molecule has 1 aromatic rings. The highest BCUT2D eigenvalue weighted by Gasteiger charge is 2.23. The number of hydrogen-bond acceptors (Lipinski definition) is 4. The van der Waals surface area contributed by atoms with Gasteiger partial charge in [0.25, 0.3) is 0 Å². The van der Waals surface area contributed by atoms with E-state index in [1.165, 1.54) is 25.8 Å². The van der Waals surface area contributed by atoms with Crippen molar-refractivity contribution in [2.24, 2.45) is 0 Å². The highest BCUT2D eigenvalue weighted by molar-refractivity contribution is 7.11. The molecule has 1 fully saturated rings. The molecule has 0 amide bonds. The standard InChI is InChI=1S/C10H16N2OS/c1-12-5-3-2-4-9(12)10-11-6-8(7-13)14-10/h6,9,13H,2-5,7H2,1H3. The second kappa shape index (κ2) is 4.38. The van der Waals surface area contributed by atoms with Crippen LogP contribution in [-0.2, 0) is 6.61 Å². The monoisotopic (exact) mass is 212 g/mol. The molecule has 0 aromatic carbocycles. The van der Waals surface area contributed by atoms with Gasteiger partial charge >= 0.3 is 0 Å². The van der Waals surface area contributed by atoms with E-state index >= 15 is 0 Å². The molecular weight excluding hydrogens is 196 g/mol. The van der Waals surface area contributed by atoms with E-state index in [0.717, 1.165) is 9.88 Å². The number of aliphatic hydroxyl groups is 1. The number of nitrogens with zero attached hydrogens (tertiary/aromatic N) is 2. The van der Waals surface area contributed by atoms with Crippen LogP contribution in [0.2, 0.25) is 0 Å². The second-order valence-electron chi connectivity index (χ2n) is 3.82. The van der Waals surface area contributed by atoms with Crippen molar-refractivity contribution in [3.63, 3.8) is 0 Å². The van der Waals surface area contributed by atoms with Gasteiger partial charge in [-0.3, -0.25) is 4.90 Å². The third-order valence-electron chi connectivity index (χ3n) is 2.78. The molecule has 78 valence electrons. The van der Waals surface area contributed by atoms with E-state index in [2.05, 4.69) is 16.9 Å². The predicted molar refractivity (Wildman–Crippen MR) is 57.3 cm³/mol. The van der Waals surface area contributed by atoms with Crippen molar-refractivity contribution < 1.29 is 5.11 Å². The van der Waals surface area contributed by atoms with E-state index in [4.69, 9.17) is 5.11 Å². The third-order valence-corrected chi connectivity index (χ3v) is 3.87. The van der Waals surface area contributed by atoms with Crippen molar-refractivity contribution >= 4 is 11.3 Å². The molecule has 1 unspecified atom stereocenters. The lowest BCUT2D eigenvalue weighted by atomic mass is 10.0. The van der Waals surface area contributed by atoms with Crippen LogP contribution in [0.25, 0.3) is 0 Å². The number of aromatic nitrogens is 1. The lowest BCUT2D eigenvalue weighted by Gasteiger charge is -2.30. The van der Waals surface area contributed by atoms with E-state index in [1.807, 2.05) is 0 Å². The molecule has 0 radical (unpaired) electrons. The average molecular weight is 212 g/mol. The van der Waals surface area contributed by atoms with Crippen LogP contribution in [0.3, 0.4) is 0 Å². The van der Waals surface area contributed by atoms with Crippen LogP contribution in [0.5, 0.6) is 0 Å². The fourth-order valence-corrected chi connectivity index (χ4v) is 2.91. The first-order valence-corrected chi connectivity index (χ1v) is 5.88. The van der Waals surface area contributed by atoms with E-state index in [9.17, 15) is 0 Å². The Bertz CT molecular complexity index is 300. The molecule has 1 saturated heterocycles. The summed E-state index contributed by atoms with van der Waals surface area (Å²) < 4.78 is 0. The summed E-state index contributed by atoms with van der Waals surface area (Å²) in [5.41, 5.74) is 0. The lowest BCUT2D eigenvalue weighted by molar-refractivity contribution is 0.187. The van der Waals surface area contributed by atoms with E-state index in [-0.39, 0.29) is 6.61 Å². The fraction of sp³-hybridized carbons (Fsp3) is 0.700. The molecule has 3 nitrogen and oxygen atoms in total. The molecule has 1 N–H and O–H groups in total. The van der Waals surface area contributed by atoms with Gasteiger partial charge in [-0.05, 0) is 26.4 Å². The molecule has 0 aliphatic carbocycles. The van der Waals surface area contributed by atoms with Crippen molar-refractivity contribution in [3.8, 4) is 0 Å². The smallest absolute Gasteiger partial charge is 0.110 e. The van der Waals surface area contributed by atoms with Crippen molar-refractivity contribution in [2.45, 2.75) is 31.9 Å². The van der Waals surface area contributed by atoms with E-state index < -0.39 is 0 Å². The molecule has 1 atom stereocenters. The Labute approximate surface area is 88.4 Å². The average Bonchev–Trinajstić information content (AvgIpc) is 2.67. The third kappa shape index (κ3) is 1.97. The molecule has 4 heteroatoms. The first kappa shape index (κ1) is 10.1. The van der Waals surface area contributed by atoms with Crippen LogP contribution in [0.4, 0.5) is 0 Å². The Morgan fingerprint density at radius 2 is 2.50 bits per heavy atom. The minimum atomic E-state index is 0.119. The van der Waals surface area contributed by atoms with Crippen LogP contribution in [0, 0.1) is 0 Å². The normalized spacial score (nSPS) is 24.0. The van der Waals surface area contributed by atoms with Gasteiger partial charge in [-0.25, -0.2) is 4.98 Å². The number of hydrogen-bond donors (Lipinski definition) is 1. The zero-order valence-electron chi connectivity index (χ0n) is 8.44. The quantitative estimate of drug-likeness (QED) is 0.812. The van der Waals surface area contributed by atoms with Crippen molar-refractivity contribution in [3.05, 3.63) is 16.1 Å². The molecule has 1 aliphatic rings. The van der Waals surface area contributed by atoms with Gasteiger partial charge in [-0.2, -0.15) is 0 Å². The fourth-order valence-electron chi connectivity index (χ4n) is 1.94. The minimum Gasteiger partial charge on any atom is -0.391 e. The zero-order valence-corrected chi connectivity index (χ0v) is 9.26. The Morgan fingerprint density at radius 1 is 1.64 bits per heavy atom. The van der Waals surface area contributed by atoms with Gasteiger partial charge in [-0.15, -0.1) is 11.3 Å². The van der Waals surface area contributed by atoms with Gasteiger partial charge < -0.3 is 5.11 Å². The molecule has 0 bridgehead atoms. The van der Waals surface area contributed by atoms with Gasteiger partial charge in [0.05, 0.1) is 17.5 Å². The minimum absolute atomic E-state index is 0.119. The summed E-state index contributed by atoms with van der Waals surface area (Å²) in [6.45, 7) is 1.28. The summed E-state index contributed by atoms with van der Waals surface area (Å²) in [4.78, 5) is 7.71. The number of rotatable bonds is 2. The number of piperidine rings is 1. The Balaban J connectivity index is 2.12. The maximum absolute atomic E-state index is 8.97. The van der Waals surface area contributed by atoms with Gasteiger partial charge in [0.15, 0.2) is 0 Å². The second-order valence-corrected chi connectivity index (χ2v) is 4.96. The van der Waals surface area contributed by atoms with Crippen LogP contribution < -0.4 is 0 Å². The first-order valence-electron chi connectivity index (χ1n) is 5.07. The van der Waals surface area contributed by atoms with Crippen molar-refractivity contribution in [2.75, 3.05) is 13.6 Å². The summed E-state index contributed by atoms with van der Waals surface area (Å²) in [5.74, 6) is 0. The van der Waals surface area contributed by atoms with Crippen LogP contribution in [0.15, 0.2) is 6.20 Å². The Kier molecular flexibility index (Phi) is 3.15. The van der Waals surface area contributed by atoms with Crippen molar-refractivity contribution in [1.29, 1.82) is 0 Å². The highest BCUT2D eigenvalue weighted by Crippen LogP contribution is 2.31.